The Labute approximate surface area is 110 Å². The van der Waals surface area contributed by atoms with Gasteiger partial charge in [-0.1, -0.05) is 0 Å². The van der Waals surface area contributed by atoms with Gasteiger partial charge in [-0.2, -0.15) is 0 Å². The van der Waals surface area contributed by atoms with Crippen LogP contribution in [0.15, 0.2) is 23.0 Å². The number of carboxylic acid groups (broad SMARTS) is 1. The predicted molar refractivity (Wildman–Crippen MR) is 63.2 cm³/mol. The third-order valence-electron chi connectivity index (χ3n) is 3.09. The van der Waals surface area contributed by atoms with Crippen LogP contribution in [-0.2, 0) is 9.53 Å². The number of furan rings is 1. The number of hydrogen-bond acceptors (Lipinski definition) is 5. The van der Waals surface area contributed by atoms with Crippen LogP contribution in [0.4, 0.5) is 0 Å². The van der Waals surface area contributed by atoms with E-state index in [4.69, 9.17) is 9.15 Å². The van der Waals surface area contributed by atoms with Gasteiger partial charge in [0.05, 0.1) is 17.9 Å². The molecule has 1 aliphatic rings. The van der Waals surface area contributed by atoms with E-state index in [1.165, 1.54) is 17.4 Å². The highest BCUT2D eigenvalue weighted by atomic mass is 16.5. The molecule has 6 nitrogen and oxygen atoms in total. The Morgan fingerprint density at radius 3 is 2.89 bits per heavy atom. The lowest BCUT2D eigenvalue weighted by atomic mass is 10.2. The third kappa shape index (κ3) is 3.82. The van der Waals surface area contributed by atoms with Gasteiger partial charge in [0.25, 0.3) is 5.91 Å². The molecule has 0 aliphatic carbocycles. The van der Waals surface area contributed by atoms with Gasteiger partial charge in [-0.25, -0.2) is 0 Å². The number of carbonyl (C=O) groups excluding carboxylic acids is 2. The normalized spacial score (nSPS) is 18.4. The molecule has 0 unspecified atom stereocenters. The van der Waals surface area contributed by atoms with Crippen molar-refractivity contribution in [1.82, 2.24) is 4.90 Å². The van der Waals surface area contributed by atoms with Crippen LogP contribution in [0.3, 0.4) is 0 Å². The van der Waals surface area contributed by atoms with Crippen LogP contribution < -0.4 is 5.11 Å². The zero-order valence-electron chi connectivity index (χ0n) is 10.5. The molecule has 1 aliphatic heterocycles. The van der Waals surface area contributed by atoms with Crippen LogP contribution >= 0.6 is 0 Å². The number of amides is 1. The van der Waals surface area contributed by atoms with Crippen molar-refractivity contribution in [3.8, 4) is 0 Å². The molecule has 1 fully saturated rings. The van der Waals surface area contributed by atoms with Crippen LogP contribution in [0.25, 0.3) is 0 Å². The average Bonchev–Trinajstić information content (AvgIpc) is 3.06. The summed E-state index contributed by atoms with van der Waals surface area (Å²) < 4.78 is 10.4. The fourth-order valence-corrected chi connectivity index (χ4v) is 2.10. The molecule has 0 bridgehead atoms. The summed E-state index contributed by atoms with van der Waals surface area (Å²) in [5.74, 6) is -1.41. The van der Waals surface area contributed by atoms with Crippen molar-refractivity contribution in [3.05, 3.63) is 24.2 Å². The Bertz CT molecular complexity index is 422. The number of carbonyl (C=O) groups is 2. The molecular weight excluding hydrogens is 250 g/mol. The van der Waals surface area contributed by atoms with E-state index in [-0.39, 0.29) is 25.0 Å². The smallest absolute Gasteiger partial charge is 0.257 e. The number of nitrogens with zero attached hydrogens (tertiary/aromatic N) is 1. The minimum absolute atomic E-state index is 0.0161. The average molecular weight is 266 g/mol. The highest BCUT2D eigenvalue weighted by molar-refractivity contribution is 5.94. The first-order chi connectivity index (χ1) is 9.16. The van der Waals surface area contributed by atoms with Gasteiger partial charge in [-0.15, -0.1) is 0 Å². The number of hydrogen-bond donors (Lipinski definition) is 0. The van der Waals surface area contributed by atoms with E-state index >= 15 is 0 Å². The van der Waals surface area contributed by atoms with Crippen LogP contribution in [0.1, 0.15) is 29.6 Å². The summed E-state index contributed by atoms with van der Waals surface area (Å²) in [5, 5.41) is 10.6. The largest absolute Gasteiger partial charge is 0.550 e. The number of ether oxygens (including phenoxy) is 1. The van der Waals surface area contributed by atoms with Gasteiger partial charge in [0.2, 0.25) is 0 Å². The maximum atomic E-state index is 12.2. The molecule has 6 heteroatoms. The summed E-state index contributed by atoms with van der Waals surface area (Å²) >= 11 is 0. The summed E-state index contributed by atoms with van der Waals surface area (Å²) in [6, 6.07) is 1.56. The summed E-state index contributed by atoms with van der Waals surface area (Å²) in [4.78, 5) is 24.2. The quantitative estimate of drug-likeness (QED) is 0.726. The van der Waals surface area contributed by atoms with Crippen molar-refractivity contribution in [2.45, 2.75) is 25.4 Å². The topological polar surface area (TPSA) is 82.8 Å². The monoisotopic (exact) mass is 266 g/mol. The van der Waals surface area contributed by atoms with Crippen LogP contribution in [0, 0.1) is 0 Å². The predicted octanol–water partition coefficient (Wildman–Crippen LogP) is 0.0408. The molecule has 0 radical (unpaired) electrons. The highest BCUT2D eigenvalue weighted by Crippen LogP contribution is 2.15. The maximum Gasteiger partial charge on any atom is 0.257 e. The first-order valence-electron chi connectivity index (χ1n) is 6.29. The Morgan fingerprint density at radius 1 is 1.47 bits per heavy atom. The number of rotatable bonds is 6. The molecule has 0 spiro atoms. The van der Waals surface area contributed by atoms with Gasteiger partial charge in [0.15, 0.2) is 0 Å². The van der Waals surface area contributed by atoms with Gasteiger partial charge >= 0.3 is 0 Å². The summed E-state index contributed by atoms with van der Waals surface area (Å²) in [5.41, 5.74) is 0.413. The summed E-state index contributed by atoms with van der Waals surface area (Å²) in [7, 11) is 0. The first kappa shape index (κ1) is 13.6. The lowest BCUT2D eigenvalue weighted by Gasteiger charge is -2.25. The van der Waals surface area contributed by atoms with Crippen molar-refractivity contribution >= 4 is 11.9 Å². The molecule has 1 saturated heterocycles. The SMILES string of the molecule is O=C([O-])CCN(C[C@H]1CCCO1)C(=O)c1ccoc1. The van der Waals surface area contributed by atoms with Crippen molar-refractivity contribution in [2.75, 3.05) is 19.7 Å². The second-order valence-corrected chi connectivity index (χ2v) is 4.52. The molecule has 2 heterocycles. The fraction of sp³-hybridized carbons (Fsp3) is 0.538. The van der Waals surface area contributed by atoms with Gasteiger partial charge < -0.3 is 24.0 Å². The molecule has 2 rings (SSSR count). The van der Waals surface area contributed by atoms with E-state index in [1.54, 1.807) is 6.07 Å². The molecule has 1 aromatic rings. The summed E-state index contributed by atoms with van der Waals surface area (Å²) in [6.45, 7) is 1.21. The lowest BCUT2D eigenvalue weighted by molar-refractivity contribution is -0.305. The van der Waals surface area contributed by atoms with Gasteiger partial charge in [-0.05, 0) is 18.9 Å². The van der Waals surface area contributed by atoms with Crippen molar-refractivity contribution in [1.29, 1.82) is 0 Å². The van der Waals surface area contributed by atoms with Crippen molar-refractivity contribution < 1.29 is 23.8 Å². The van der Waals surface area contributed by atoms with E-state index in [2.05, 4.69) is 0 Å². The summed E-state index contributed by atoms with van der Waals surface area (Å²) in [6.07, 6.45) is 4.42. The Balaban J connectivity index is 1.99. The lowest BCUT2D eigenvalue weighted by Crippen LogP contribution is -2.40. The molecular formula is C13H16NO5-. The molecule has 1 amide bonds. The van der Waals surface area contributed by atoms with Gasteiger partial charge in [-0.3, -0.25) is 4.79 Å². The van der Waals surface area contributed by atoms with Crippen LogP contribution in [0.5, 0.6) is 0 Å². The molecule has 0 aromatic carbocycles. The second kappa shape index (κ2) is 6.38. The van der Waals surface area contributed by atoms with Crippen LogP contribution in [0.2, 0.25) is 0 Å². The molecule has 19 heavy (non-hydrogen) atoms. The minimum Gasteiger partial charge on any atom is -0.550 e. The number of aliphatic carboxylic acids is 1. The highest BCUT2D eigenvalue weighted by Gasteiger charge is 2.23. The van der Waals surface area contributed by atoms with E-state index in [0.717, 1.165) is 12.8 Å². The van der Waals surface area contributed by atoms with Crippen molar-refractivity contribution in [3.63, 3.8) is 0 Å². The Morgan fingerprint density at radius 2 is 2.32 bits per heavy atom. The second-order valence-electron chi connectivity index (χ2n) is 4.52. The van der Waals surface area contributed by atoms with Gasteiger partial charge in [0, 0.05) is 32.1 Å². The zero-order valence-corrected chi connectivity index (χ0v) is 10.5. The molecule has 0 N–H and O–H groups in total. The number of carboxylic acids is 1. The Kier molecular flexibility index (Phi) is 4.57. The van der Waals surface area contributed by atoms with Gasteiger partial charge in [0.1, 0.15) is 6.26 Å². The zero-order chi connectivity index (χ0) is 13.7. The van der Waals surface area contributed by atoms with Crippen molar-refractivity contribution in [2.24, 2.45) is 0 Å². The van der Waals surface area contributed by atoms with E-state index in [0.29, 0.717) is 18.7 Å². The van der Waals surface area contributed by atoms with E-state index in [9.17, 15) is 14.7 Å². The first-order valence-corrected chi connectivity index (χ1v) is 6.29. The molecule has 1 aromatic heterocycles. The molecule has 1 atom stereocenters. The maximum absolute atomic E-state index is 12.2. The third-order valence-corrected chi connectivity index (χ3v) is 3.09. The van der Waals surface area contributed by atoms with E-state index < -0.39 is 5.97 Å². The molecule has 104 valence electrons. The Hall–Kier alpha value is -1.82. The van der Waals surface area contributed by atoms with Crippen LogP contribution in [-0.4, -0.2) is 42.6 Å². The van der Waals surface area contributed by atoms with E-state index in [1.807, 2.05) is 0 Å². The molecule has 0 saturated carbocycles. The fourth-order valence-electron chi connectivity index (χ4n) is 2.10. The standard InChI is InChI=1S/C13H17NO5/c15-12(16)3-5-14(8-11-2-1-6-19-11)13(17)10-4-7-18-9-10/h4,7,9,11H,1-3,5-6,8H2,(H,15,16)/p-1/t11-/m1/s1. The minimum atomic E-state index is -1.17.